The van der Waals surface area contributed by atoms with E-state index in [1.165, 1.54) is 135 Å². The molecule has 0 spiro atoms. The minimum absolute atomic E-state index is 0.800. The largest absolute Gasteiger partial charge is 0.312 e. The van der Waals surface area contributed by atoms with Gasteiger partial charge in [-0.1, -0.05) is 109 Å². The predicted octanol–water partition coefficient (Wildman–Crippen LogP) is 7.51. The minimum atomic E-state index is 0.800. The summed E-state index contributed by atoms with van der Waals surface area (Å²) in [6, 6.07) is 3.27. The van der Waals surface area contributed by atoms with Gasteiger partial charge in [0.2, 0.25) is 0 Å². The molecule has 0 aromatic heterocycles. The number of hydrogen-bond donors (Lipinski definition) is 2. The van der Waals surface area contributed by atoms with Crippen LogP contribution in [0.25, 0.3) is 0 Å². The van der Waals surface area contributed by atoms with Crippen LogP contribution in [0.15, 0.2) is 0 Å². The van der Waals surface area contributed by atoms with E-state index in [0.717, 1.165) is 48.3 Å². The number of hydrogen-bond acceptors (Lipinski definition) is 2. The third kappa shape index (κ3) is 5.39. The van der Waals surface area contributed by atoms with Gasteiger partial charge in [-0.2, -0.15) is 0 Å². The van der Waals surface area contributed by atoms with E-state index in [9.17, 15) is 0 Å². The third-order valence-corrected chi connectivity index (χ3v) is 10.4. The van der Waals surface area contributed by atoms with Crippen LogP contribution in [0.5, 0.6) is 0 Å². The molecule has 0 aromatic rings. The van der Waals surface area contributed by atoms with Crippen molar-refractivity contribution in [2.75, 3.05) is 0 Å². The van der Waals surface area contributed by atoms with Crippen LogP contribution in [0, 0.1) is 0 Å². The number of fused-ring (bicyclic) bond motifs is 4. The average molecular weight is 427 g/mol. The zero-order valence-corrected chi connectivity index (χ0v) is 20.5. The normalized spacial score (nSPS) is 43.4. The lowest BCUT2D eigenvalue weighted by Crippen LogP contribution is -2.68. The molecule has 5 rings (SSSR count). The third-order valence-electron chi connectivity index (χ3n) is 10.4. The highest BCUT2D eigenvalue weighted by atomic mass is 15.0. The zero-order valence-electron chi connectivity index (χ0n) is 20.5. The van der Waals surface area contributed by atoms with Gasteiger partial charge in [-0.05, 0) is 43.1 Å². The van der Waals surface area contributed by atoms with Crippen LogP contribution in [0.1, 0.15) is 135 Å². The van der Waals surface area contributed by atoms with Gasteiger partial charge < -0.3 is 10.6 Å². The molecule has 0 amide bonds. The van der Waals surface area contributed by atoms with Gasteiger partial charge in [-0.25, -0.2) is 0 Å². The molecule has 5 fully saturated rings. The molecule has 5 aliphatic rings. The van der Waals surface area contributed by atoms with E-state index < -0.39 is 0 Å². The monoisotopic (exact) mass is 426 g/mol. The summed E-state index contributed by atoms with van der Waals surface area (Å²) in [6.07, 6.45) is 31.2. The van der Waals surface area contributed by atoms with Crippen molar-refractivity contribution in [1.82, 2.24) is 10.6 Å². The lowest BCUT2D eigenvalue weighted by molar-refractivity contribution is 0.222. The second-order valence-electron chi connectivity index (χ2n) is 12.3. The van der Waals surface area contributed by atoms with Gasteiger partial charge in [0.25, 0.3) is 0 Å². The maximum Gasteiger partial charge on any atom is 0.156 e. The molecule has 31 heavy (non-hydrogen) atoms. The van der Waals surface area contributed by atoms with Crippen LogP contribution < -0.4 is 10.6 Å². The van der Waals surface area contributed by atoms with Crippen molar-refractivity contribution < 1.29 is 0 Å². The molecule has 0 radical (unpaired) electrons. The zero-order chi connectivity index (χ0) is 20.9. The first kappa shape index (κ1) is 22.8. The molecular formula is C28H51BN2. The molecule has 7 unspecified atom stereocenters. The number of nitrogens with one attached hydrogen (secondary N) is 2. The summed E-state index contributed by atoms with van der Waals surface area (Å²) in [5.74, 6) is 2.87. The highest BCUT2D eigenvalue weighted by Gasteiger charge is 2.55. The van der Waals surface area contributed by atoms with Crippen molar-refractivity contribution in [3.63, 3.8) is 0 Å². The molecular weight excluding hydrogens is 375 g/mol. The molecule has 7 atom stereocenters. The van der Waals surface area contributed by atoms with Gasteiger partial charge >= 0.3 is 0 Å². The quantitative estimate of drug-likeness (QED) is 0.392. The standard InChI is InChI=1S/C28H51BN2/c1-2-6-15-21-27-28-26(20-14-5-1)30-24-18-12-7-3-4-10-16-22(24)29(28)23-17-11-8-9-13-19-25(23)31-27/h22-28,30-31H,1-21H2. The molecule has 2 N–H and O–H groups in total. The SMILES string of the molecule is C1CCCCC2NC3CCCCCCC3B3C4CCCCCCCC4NC(CCC1)C32. The van der Waals surface area contributed by atoms with Crippen LogP contribution in [-0.4, -0.2) is 30.9 Å². The smallest absolute Gasteiger partial charge is 0.156 e. The first-order valence-corrected chi connectivity index (χ1v) is 14.9. The first-order chi connectivity index (χ1) is 15.4. The Morgan fingerprint density at radius 1 is 0.355 bits per heavy atom. The second-order valence-corrected chi connectivity index (χ2v) is 12.3. The van der Waals surface area contributed by atoms with Gasteiger partial charge in [-0.3, -0.25) is 0 Å². The van der Waals surface area contributed by atoms with Crippen molar-refractivity contribution in [2.45, 2.75) is 176 Å². The van der Waals surface area contributed by atoms with E-state index in [0.29, 0.717) is 0 Å². The van der Waals surface area contributed by atoms with Crippen LogP contribution >= 0.6 is 0 Å². The molecule has 2 saturated heterocycles. The number of rotatable bonds is 0. The van der Waals surface area contributed by atoms with Gasteiger partial charge in [-0.15, -0.1) is 0 Å². The van der Waals surface area contributed by atoms with Crippen molar-refractivity contribution in [3.05, 3.63) is 0 Å². The molecule has 2 aliphatic heterocycles. The van der Waals surface area contributed by atoms with Crippen molar-refractivity contribution in [3.8, 4) is 0 Å². The van der Waals surface area contributed by atoms with E-state index in [1.807, 2.05) is 0 Å². The summed E-state index contributed by atoms with van der Waals surface area (Å²) >= 11 is 0. The lowest BCUT2D eigenvalue weighted by Gasteiger charge is -2.58. The van der Waals surface area contributed by atoms with E-state index >= 15 is 0 Å². The van der Waals surface area contributed by atoms with Crippen molar-refractivity contribution in [1.29, 1.82) is 0 Å². The summed E-state index contributed by atoms with van der Waals surface area (Å²) in [5, 5.41) is 8.79. The molecule has 3 saturated carbocycles. The van der Waals surface area contributed by atoms with Gasteiger partial charge in [0, 0.05) is 24.2 Å². The average Bonchev–Trinajstić information content (AvgIpc) is 2.84. The Morgan fingerprint density at radius 3 is 1.10 bits per heavy atom. The Bertz CT molecular complexity index is 539. The Hall–Kier alpha value is -0.0151. The van der Waals surface area contributed by atoms with Gasteiger partial charge in [0.05, 0.1) is 0 Å². The minimum Gasteiger partial charge on any atom is -0.312 e. The first-order valence-electron chi connectivity index (χ1n) is 14.9. The molecule has 0 aromatic carbocycles. The topological polar surface area (TPSA) is 24.1 Å². The van der Waals surface area contributed by atoms with E-state index in [2.05, 4.69) is 10.6 Å². The maximum atomic E-state index is 4.40. The Morgan fingerprint density at radius 2 is 0.677 bits per heavy atom. The Balaban J connectivity index is 1.47. The van der Waals surface area contributed by atoms with Crippen LogP contribution in [-0.2, 0) is 0 Å². The van der Waals surface area contributed by atoms with Crippen LogP contribution in [0.3, 0.4) is 0 Å². The fraction of sp³-hybridized carbons (Fsp3) is 1.00. The lowest BCUT2D eigenvalue weighted by atomic mass is 9.20. The highest BCUT2D eigenvalue weighted by Crippen LogP contribution is 2.52. The van der Waals surface area contributed by atoms with Crippen molar-refractivity contribution in [2.24, 2.45) is 0 Å². The summed E-state index contributed by atoms with van der Waals surface area (Å²) in [5.41, 5.74) is 0. The summed E-state index contributed by atoms with van der Waals surface area (Å²) in [4.78, 5) is 0. The van der Waals surface area contributed by atoms with E-state index in [1.54, 1.807) is 0 Å². The van der Waals surface area contributed by atoms with Gasteiger partial charge in [0.1, 0.15) is 0 Å². The summed E-state index contributed by atoms with van der Waals surface area (Å²) in [7, 11) is 0. The fourth-order valence-corrected chi connectivity index (χ4v) is 9.00. The fourth-order valence-electron chi connectivity index (χ4n) is 9.00. The Kier molecular flexibility index (Phi) is 8.38. The summed E-state index contributed by atoms with van der Waals surface area (Å²) < 4.78 is 0. The summed E-state index contributed by atoms with van der Waals surface area (Å²) in [6.45, 7) is 1.02. The van der Waals surface area contributed by atoms with E-state index in [-0.39, 0.29) is 0 Å². The van der Waals surface area contributed by atoms with Crippen LogP contribution in [0.2, 0.25) is 17.5 Å². The maximum absolute atomic E-state index is 4.40. The molecule has 2 heterocycles. The van der Waals surface area contributed by atoms with Crippen LogP contribution in [0.4, 0.5) is 0 Å². The Labute approximate surface area is 193 Å². The van der Waals surface area contributed by atoms with Gasteiger partial charge in [0.15, 0.2) is 6.71 Å². The van der Waals surface area contributed by atoms with E-state index in [4.69, 9.17) is 0 Å². The molecule has 176 valence electrons. The second kappa shape index (κ2) is 11.4. The molecule has 2 nitrogen and oxygen atoms in total. The van der Waals surface area contributed by atoms with Crippen molar-refractivity contribution >= 4 is 6.71 Å². The molecule has 3 aliphatic carbocycles. The molecule has 0 bridgehead atoms. The predicted molar refractivity (Wildman–Crippen MR) is 135 cm³/mol. The molecule has 3 heteroatoms. The highest BCUT2D eigenvalue weighted by molar-refractivity contribution is 6.65.